The van der Waals surface area contributed by atoms with Crippen molar-refractivity contribution >= 4 is 33.1 Å². The molecule has 0 saturated heterocycles. The van der Waals surface area contributed by atoms with Crippen LogP contribution in [0, 0.1) is 20.8 Å². The van der Waals surface area contributed by atoms with Crippen molar-refractivity contribution in [2.45, 2.75) is 40.2 Å². The van der Waals surface area contributed by atoms with Crippen molar-refractivity contribution < 1.29 is 4.79 Å². The minimum Gasteiger partial charge on any atom is -0.358 e. The number of carbonyl (C=O) groups excluding carboxylic acids is 1. The number of rotatable bonds is 4. The zero-order chi connectivity index (χ0) is 18.4. The van der Waals surface area contributed by atoms with E-state index in [4.69, 9.17) is 0 Å². The summed E-state index contributed by atoms with van der Waals surface area (Å²) in [5.74, 6) is -0.00928. The Morgan fingerprint density at radius 3 is 2.92 bits per heavy atom. The first-order valence-electron chi connectivity index (χ1n) is 8.59. The first-order valence-corrected chi connectivity index (χ1v) is 9.47. The predicted molar refractivity (Wildman–Crippen MR) is 104 cm³/mol. The van der Waals surface area contributed by atoms with Gasteiger partial charge < -0.3 is 10.3 Å². The van der Waals surface area contributed by atoms with Gasteiger partial charge in [0.15, 0.2) is 0 Å². The second kappa shape index (κ2) is 6.25. The van der Waals surface area contributed by atoms with Gasteiger partial charge in [0.1, 0.15) is 5.51 Å². The van der Waals surface area contributed by atoms with E-state index in [1.165, 1.54) is 22.5 Å². The molecule has 1 atom stereocenters. The molecule has 1 aromatic carbocycles. The molecule has 7 heteroatoms. The van der Waals surface area contributed by atoms with E-state index in [1.54, 1.807) is 10.0 Å². The van der Waals surface area contributed by atoms with Crippen molar-refractivity contribution in [2.75, 3.05) is 0 Å². The van der Waals surface area contributed by atoms with E-state index in [0.29, 0.717) is 6.42 Å². The Morgan fingerprint density at radius 2 is 2.15 bits per heavy atom. The topological polar surface area (TPSA) is 75.1 Å². The van der Waals surface area contributed by atoms with E-state index < -0.39 is 0 Å². The minimum atomic E-state index is -0.162. The average Bonchev–Trinajstić information content (AvgIpc) is 3.23. The van der Waals surface area contributed by atoms with Crippen molar-refractivity contribution in [3.05, 3.63) is 51.9 Å². The summed E-state index contributed by atoms with van der Waals surface area (Å²) in [6.45, 7) is 8.14. The number of hydrogen-bond acceptors (Lipinski definition) is 4. The molecule has 6 nitrogen and oxygen atoms in total. The molecular weight excluding hydrogens is 346 g/mol. The van der Waals surface area contributed by atoms with Crippen LogP contribution in [-0.2, 0) is 11.2 Å². The molecule has 0 bridgehead atoms. The first kappa shape index (κ1) is 16.8. The lowest BCUT2D eigenvalue weighted by Gasteiger charge is -2.11. The van der Waals surface area contributed by atoms with Crippen LogP contribution in [-0.4, -0.2) is 25.5 Å². The van der Waals surface area contributed by atoms with Crippen LogP contribution in [0.3, 0.4) is 0 Å². The molecule has 1 amide bonds. The Balaban J connectivity index is 1.55. The fourth-order valence-corrected chi connectivity index (χ4v) is 4.06. The number of benzene rings is 1. The molecule has 134 valence electrons. The number of amides is 1. The molecule has 0 saturated carbocycles. The number of imidazole rings is 1. The van der Waals surface area contributed by atoms with Crippen LogP contribution in [0.25, 0.3) is 15.9 Å². The predicted octanol–water partition coefficient (Wildman–Crippen LogP) is 3.62. The fraction of sp³-hybridized carbons (Fsp3) is 0.316. The zero-order valence-electron chi connectivity index (χ0n) is 15.3. The molecule has 3 aromatic heterocycles. The second-order valence-electron chi connectivity index (χ2n) is 6.83. The monoisotopic (exact) mass is 367 g/mol. The molecule has 0 aliphatic carbocycles. The highest BCUT2D eigenvalue weighted by atomic mass is 32.1. The summed E-state index contributed by atoms with van der Waals surface area (Å²) in [7, 11) is 0. The number of hydrogen-bond donors (Lipinski definition) is 2. The van der Waals surface area contributed by atoms with Gasteiger partial charge in [-0.25, -0.2) is 9.50 Å². The molecule has 0 radical (unpaired) electrons. The number of nitrogens with one attached hydrogen (secondary N) is 2. The van der Waals surface area contributed by atoms with Crippen molar-refractivity contribution in [3.63, 3.8) is 0 Å². The average molecular weight is 367 g/mol. The number of nitrogens with zero attached hydrogens (tertiary/aromatic N) is 3. The van der Waals surface area contributed by atoms with E-state index in [9.17, 15) is 4.79 Å². The summed E-state index contributed by atoms with van der Waals surface area (Å²) >= 11 is 1.48. The van der Waals surface area contributed by atoms with E-state index >= 15 is 0 Å². The van der Waals surface area contributed by atoms with Gasteiger partial charge in [0.2, 0.25) is 10.9 Å². The fourth-order valence-electron chi connectivity index (χ4n) is 3.46. The highest BCUT2D eigenvalue weighted by Crippen LogP contribution is 2.27. The third-order valence-corrected chi connectivity index (χ3v) is 5.42. The lowest BCUT2D eigenvalue weighted by molar-refractivity contribution is -0.121. The standard InChI is InChI=1S/C19H21N5OS/c1-10-5-11(2)18-15(6-10)14(12(3)22-18)7-17(25)21-13(4)16-8-24-19(23-16)26-9-20-24/h5-6,8-9,13,22H,7H2,1-4H3,(H,21,25). The van der Waals surface area contributed by atoms with Gasteiger partial charge in [0.25, 0.3) is 0 Å². The summed E-state index contributed by atoms with van der Waals surface area (Å²) in [5.41, 5.74) is 8.19. The van der Waals surface area contributed by atoms with Gasteiger partial charge in [-0.2, -0.15) is 5.10 Å². The number of fused-ring (bicyclic) bond motifs is 2. The second-order valence-corrected chi connectivity index (χ2v) is 7.64. The van der Waals surface area contributed by atoms with E-state index in [2.05, 4.69) is 46.4 Å². The number of aryl methyl sites for hydroxylation is 3. The molecule has 0 fully saturated rings. The molecule has 0 aliphatic rings. The number of aromatic amines is 1. The van der Waals surface area contributed by atoms with Gasteiger partial charge in [-0.1, -0.05) is 23.0 Å². The molecule has 3 heterocycles. The van der Waals surface area contributed by atoms with Crippen molar-refractivity contribution in [1.29, 1.82) is 0 Å². The maximum absolute atomic E-state index is 12.6. The molecule has 1 unspecified atom stereocenters. The summed E-state index contributed by atoms with van der Waals surface area (Å²) in [6.07, 6.45) is 2.21. The lowest BCUT2D eigenvalue weighted by atomic mass is 10.0. The molecule has 2 N–H and O–H groups in total. The Hall–Kier alpha value is -2.67. The largest absolute Gasteiger partial charge is 0.358 e. The number of carbonyl (C=O) groups is 1. The summed E-state index contributed by atoms with van der Waals surface area (Å²) in [6, 6.07) is 4.14. The van der Waals surface area contributed by atoms with E-state index in [1.807, 2.05) is 20.0 Å². The van der Waals surface area contributed by atoms with Crippen LogP contribution in [0.2, 0.25) is 0 Å². The zero-order valence-corrected chi connectivity index (χ0v) is 16.1. The Kier molecular flexibility index (Phi) is 4.03. The molecular formula is C19H21N5OS. The minimum absolute atomic E-state index is 0.00928. The Morgan fingerprint density at radius 1 is 1.35 bits per heavy atom. The Labute approximate surface area is 155 Å². The summed E-state index contributed by atoms with van der Waals surface area (Å²) in [5, 5.41) is 8.37. The molecule has 0 spiro atoms. The molecule has 4 aromatic rings. The van der Waals surface area contributed by atoms with Gasteiger partial charge in [-0.3, -0.25) is 4.79 Å². The van der Waals surface area contributed by atoms with Gasteiger partial charge in [-0.05, 0) is 44.9 Å². The van der Waals surface area contributed by atoms with Crippen molar-refractivity contribution in [2.24, 2.45) is 0 Å². The smallest absolute Gasteiger partial charge is 0.225 e. The Bertz CT molecular complexity index is 1090. The van der Waals surface area contributed by atoms with Gasteiger partial charge >= 0.3 is 0 Å². The maximum atomic E-state index is 12.6. The van der Waals surface area contributed by atoms with Gasteiger partial charge in [0, 0.05) is 16.6 Å². The third kappa shape index (κ3) is 2.88. The normalized spacial score (nSPS) is 12.8. The first-order chi connectivity index (χ1) is 12.4. The van der Waals surface area contributed by atoms with Crippen LogP contribution in [0.1, 0.15) is 41.0 Å². The van der Waals surface area contributed by atoms with Crippen LogP contribution in [0.5, 0.6) is 0 Å². The van der Waals surface area contributed by atoms with E-state index in [-0.39, 0.29) is 11.9 Å². The van der Waals surface area contributed by atoms with Crippen LogP contribution in [0.15, 0.2) is 23.8 Å². The summed E-state index contributed by atoms with van der Waals surface area (Å²) in [4.78, 5) is 21.4. The third-order valence-electron chi connectivity index (χ3n) is 4.73. The summed E-state index contributed by atoms with van der Waals surface area (Å²) < 4.78 is 1.73. The molecule has 26 heavy (non-hydrogen) atoms. The number of H-pyrrole nitrogens is 1. The quantitative estimate of drug-likeness (QED) is 0.578. The maximum Gasteiger partial charge on any atom is 0.225 e. The highest BCUT2D eigenvalue weighted by molar-refractivity contribution is 7.14. The molecule has 0 aliphatic heterocycles. The van der Waals surface area contributed by atoms with Crippen molar-refractivity contribution in [3.8, 4) is 0 Å². The lowest BCUT2D eigenvalue weighted by Crippen LogP contribution is -2.28. The SMILES string of the molecule is Cc1cc(C)c2[nH]c(C)c(CC(=O)NC(C)c3cn4ncsc4n3)c2c1. The molecule has 4 rings (SSSR count). The van der Waals surface area contributed by atoms with Crippen LogP contribution in [0.4, 0.5) is 0 Å². The highest BCUT2D eigenvalue weighted by Gasteiger charge is 2.18. The van der Waals surface area contributed by atoms with Gasteiger partial charge in [0.05, 0.1) is 24.4 Å². The van der Waals surface area contributed by atoms with Crippen LogP contribution >= 0.6 is 11.3 Å². The number of aromatic nitrogens is 4. The van der Waals surface area contributed by atoms with Crippen LogP contribution < -0.4 is 5.32 Å². The van der Waals surface area contributed by atoms with Gasteiger partial charge in [-0.15, -0.1) is 0 Å². The van der Waals surface area contributed by atoms with E-state index in [0.717, 1.165) is 32.8 Å². The van der Waals surface area contributed by atoms with Crippen molar-refractivity contribution in [1.82, 2.24) is 24.9 Å².